The Balaban J connectivity index is 3.19. The molecule has 5 heteroatoms. The molecule has 0 unspecified atom stereocenters. The van der Waals surface area contributed by atoms with Crippen molar-refractivity contribution in [3.8, 4) is 5.75 Å². The lowest BCUT2D eigenvalue weighted by Crippen LogP contribution is -2.02. The molecular formula is C8H7BrClNO2. The standard InChI is InChI=1S/C8H7BrClNO2/c9-4-7(11-13)6-3-5(10)1-2-8(6)12/h1-3,12-13H,4H2. The molecule has 0 atom stereocenters. The summed E-state index contributed by atoms with van der Waals surface area (Å²) >= 11 is 8.84. The molecule has 1 rings (SSSR count). The van der Waals surface area contributed by atoms with Gasteiger partial charge in [0.05, 0.1) is 0 Å². The van der Waals surface area contributed by atoms with Crippen LogP contribution in [0.2, 0.25) is 5.02 Å². The average molecular weight is 265 g/mol. The maximum Gasteiger partial charge on any atom is 0.124 e. The van der Waals surface area contributed by atoms with E-state index in [-0.39, 0.29) is 5.75 Å². The van der Waals surface area contributed by atoms with Crippen molar-refractivity contribution in [3.63, 3.8) is 0 Å². The molecule has 13 heavy (non-hydrogen) atoms. The summed E-state index contributed by atoms with van der Waals surface area (Å²) < 4.78 is 0. The largest absolute Gasteiger partial charge is 0.507 e. The second-order valence-corrected chi connectivity index (χ2v) is 3.34. The summed E-state index contributed by atoms with van der Waals surface area (Å²) in [4.78, 5) is 0. The SMILES string of the molecule is ON=C(CBr)c1cc(Cl)ccc1O. The molecule has 0 aliphatic rings. The van der Waals surface area contributed by atoms with Crippen LogP contribution in [0.4, 0.5) is 0 Å². The zero-order chi connectivity index (χ0) is 9.84. The zero-order valence-corrected chi connectivity index (χ0v) is 8.88. The summed E-state index contributed by atoms with van der Waals surface area (Å²) in [5.74, 6) is 0.0386. The van der Waals surface area contributed by atoms with Crippen LogP contribution in [0.15, 0.2) is 23.4 Å². The molecule has 0 heterocycles. The molecule has 0 spiro atoms. The van der Waals surface area contributed by atoms with Crippen molar-refractivity contribution in [2.45, 2.75) is 0 Å². The van der Waals surface area contributed by atoms with Gasteiger partial charge in [-0.05, 0) is 18.2 Å². The van der Waals surface area contributed by atoms with Crippen molar-refractivity contribution in [1.82, 2.24) is 0 Å². The van der Waals surface area contributed by atoms with E-state index in [0.717, 1.165) is 0 Å². The molecule has 0 bridgehead atoms. The number of benzene rings is 1. The molecule has 0 saturated carbocycles. The molecule has 0 aliphatic carbocycles. The van der Waals surface area contributed by atoms with Crippen LogP contribution < -0.4 is 0 Å². The molecule has 0 aromatic heterocycles. The third-order valence-corrected chi connectivity index (χ3v) is 2.28. The Morgan fingerprint density at radius 2 is 2.23 bits per heavy atom. The fourth-order valence-corrected chi connectivity index (χ4v) is 1.48. The summed E-state index contributed by atoms with van der Waals surface area (Å²) in [6.07, 6.45) is 0. The topological polar surface area (TPSA) is 52.8 Å². The van der Waals surface area contributed by atoms with E-state index in [1.165, 1.54) is 12.1 Å². The molecule has 0 aliphatic heterocycles. The van der Waals surface area contributed by atoms with Crippen LogP contribution in [0.3, 0.4) is 0 Å². The molecule has 1 aromatic rings. The Kier molecular flexibility index (Phi) is 3.57. The van der Waals surface area contributed by atoms with Crippen LogP contribution in [0.25, 0.3) is 0 Å². The predicted molar refractivity (Wildman–Crippen MR) is 55.2 cm³/mol. The number of hydrogen-bond donors (Lipinski definition) is 2. The van der Waals surface area contributed by atoms with Gasteiger partial charge in [0.15, 0.2) is 0 Å². The Bertz CT molecular complexity index is 341. The number of oxime groups is 1. The number of aromatic hydroxyl groups is 1. The second-order valence-electron chi connectivity index (χ2n) is 2.34. The highest BCUT2D eigenvalue weighted by Crippen LogP contribution is 2.22. The van der Waals surface area contributed by atoms with Gasteiger partial charge in [0.2, 0.25) is 0 Å². The fraction of sp³-hybridized carbons (Fsp3) is 0.125. The summed E-state index contributed by atoms with van der Waals surface area (Å²) in [6.45, 7) is 0. The molecule has 0 fully saturated rings. The van der Waals surface area contributed by atoms with E-state index in [0.29, 0.717) is 21.6 Å². The molecule has 2 N–H and O–H groups in total. The van der Waals surface area contributed by atoms with E-state index in [9.17, 15) is 5.11 Å². The van der Waals surface area contributed by atoms with Crippen molar-refractivity contribution in [3.05, 3.63) is 28.8 Å². The van der Waals surface area contributed by atoms with Crippen LogP contribution in [0.1, 0.15) is 5.56 Å². The Hall–Kier alpha value is -0.740. The number of hydrogen-bond acceptors (Lipinski definition) is 3. The minimum atomic E-state index is 0.0386. The highest BCUT2D eigenvalue weighted by molar-refractivity contribution is 9.09. The van der Waals surface area contributed by atoms with E-state index >= 15 is 0 Å². The molecule has 0 radical (unpaired) electrons. The number of nitrogens with zero attached hydrogens (tertiary/aromatic N) is 1. The molecular weight excluding hydrogens is 257 g/mol. The number of rotatable bonds is 2. The minimum absolute atomic E-state index is 0.0386. The smallest absolute Gasteiger partial charge is 0.124 e. The lowest BCUT2D eigenvalue weighted by molar-refractivity contribution is 0.319. The van der Waals surface area contributed by atoms with E-state index in [2.05, 4.69) is 21.1 Å². The van der Waals surface area contributed by atoms with Crippen LogP contribution in [-0.4, -0.2) is 21.4 Å². The molecule has 3 nitrogen and oxygen atoms in total. The Morgan fingerprint density at radius 3 is 2.77 bits per heavy atom. The van der Waals surface area contributed by atoms with Gasteiger partial charge in [-0.1, -0.05) is 32.7 Å². The highest BCUT2D eigenvalue weighted by atomic mass is 79.9. The van der Waals surface area contributed by atoms with Gasteiger partial charge in [0, 0.05) is 15.9 Å². The van der Waals surface area contributed by atoms with Crippen molar-refractivity contribution in [1.29, 1.82) is 0 Å². The normalized spacial score (nSPS) is 11.7. The van der Waals surface area contributed by atoms with Gasteiger partial charge in [0.1, 0.15) is 11.5 Å². The number of phenols is 1. The van der Waals surface area contributed by atoms with Gasteiger partial charge >= 0.3 is 0 Å². The van der Waals surface area contributed by atoms with Crippen molar-refractivity contribution in [2.24, 2.45) is 5.16 Å². The summed E-state index contributed by atoms with van der Waals surface area (Å²) in [6, 6.07) is 4.54. The maximum atomic E-state index is 9.40. The number of phenolic OH excluding ortho intramolecular Hbond substituents is 1. The third kappa shape index (κ3) is 2.35. The number of halogens is 2. The van der Waals surface area contributed by atoms with Gasteiger partial charge in [-0.25, -0.2) is 0 Å². The maximum absolute atomic E-state index is 9.40. The molecule has 0 amide bonds. The van der Waals surface area contributed by atoms with Gasteiger partial charge in [-0.15, -0.1) is 0 Å². The first-order valence-corrected chi connectivity index (χ1v) is 4.94. The van der Waals surface area contributed by atoms with Crippen LogP contribution in [0, 0.1) is 0 Å². The molecule has 0 saturated heterocycles. The van der Waals surface area contributed by atoms with Crippen molar-refractivity contribution in [2.75, 3.05) is 5.33 Å². The first-order valence-electron chi connectivity index (χ1n) is 3.45. The minimum Gasteiger partial charge on any atom is -0.507 e. The average Bonchev–Trinajstić information content (AvgIpc) is 2.13. The zero-order valence-electron chi connectivity index (χ0n) is 6.54. The summed E-state index contributed by atoms with van der Waals surface area (Å²) in [5, 5.41) is 21.9. The summed E-state index contributed by atoms with van der Waals surface area (Å²) in [7, 11) is 0. The van der Waals surface area contributed by atoms with Crippen LogP contribution in [-0.2, 0) is 0 Å². The van der Waals surface area contributed by atoms with Crippen molar-refractivity contribution < 1.29 is 10.3 Å². The second kappa shape index (κ2) is 4.48. The van der Waals surface area contributed by atoms with Gasteiger partial charge < -0.3 is 10.3 Å². The van der Waals surface area contributed by atoms with E-state index in [1.807, 2.05) is 0 Å². The molecule has 1 aromatic carbocycles. The summed E-state index contributed by atoms with van der Waals surface area (Å²) in [5.41, 5.74) is 0.756. The lowest BCUT2D eigenvalue weighted by atomic mass is 10.1. The first-order chi connectivity index (χ1) is 6.19. The van der Waals surface area contributed by atoms with Gasteiger partial charge in [-0.2, -0.15) is 0 Å². The molecule has 70 valence electrons. The van der Waals surface area contributed by atoms with Crippen molar-refractivity contribution >= 4 is 33.2 Å². The Labute approximate surface area is 88.8 Å². The van der Waals surface area contributed by atoms with Crippen LogP contribution >= 0.6 is 27.5 Å². The van der Waals surface area contributed by atoms with E-state index in [4.69, 9.17) is 16.8 Å². The predicted octanol–water partition coefficient (Wildman–Crippen LogP) is 2.62. The third-order valence-electron chi connectivity index (χ3n) is 1.52. The first kappa shape index (κ1) is 10.3. The van der Waals surface area contributed by atoms with Gasteiger partial charge in [0.25, 0.3) is 0 Å². The highest BCUT2D eigenvalue weighted by Gasteiger charge is 2.08. The number of alkyl halides is 1. The van der Waals surface area contributed by atoms with E-state index < -0.39 is 0 Å². The van der Waals surface area contributed by atoms with E-state index in [1.54, 1.807) is 6.07 Å². The monoisotopic (exact) mass is 263 g/mol. The quantitative estimate of drug-likeness (QED) is 0.373. The Morgan fingerprint density at radius 1 is 1.54 bits per heavy atom. The lowest BCUT2D eigenvalue weighted by Gasteiger charge is -2.03. The van der Waals surface area contributed by atoms with Gasteiger partial charge in [-0.3, -0.25) is 0 Å². The van der Waals surface area contributed by atoms with Crippen LogP contribution in [0.5, 0.6) is 5.75 Å². The fourth-order valence-electron chi connectivity index (χ4n) is 0.892.